The second-order valence-electron chi connectivity index (χ2n) is 4.10. The number of aliphatic hydroxyl groups excluding tert-OH is 1. The third kappa shape index (κ3) is 2.80. The molecule has 0 aliphatic heterocycles. The van der Waals surface area contributed by atoms with E-state index in [9.17, 15) is 10.2 Å². The van der Waals surface area contributed by atoms with Gasteiger partial charge in [0.2, 0.25) is 0 Å². The lowest BCUT2D eigenvalue weighted by molar-refractivity contribution is 0.215. The molecule has 100 valence electrons. The number of ether oxygens (including phenoxy) is 2. The van der Waals surface area contributed by atoms with Gasteiger partial charge < -0.3 is 19.7 Å². The SMILES string of the molecule is COc1ccc(C(O)c2ccc(OC)cc2O)cc1. The van der Waals surface area contributed by atoms with Gasteiger partial charge in [0, 0.05) is 11.6 Å². The molecule has 0 amide bonds. The average molecular weight is 260 g/mol. The fraction of sp³-hybridized carbons (Fsp3) is 0.200. The van der Waals surface area contributed by atoms with Gasteiger partial charge in [-0.15, -0.1) is 0 Å². The molecule has 1 unspecified atom stereocenters. The highest BCUT2D eigenvalue weighted by molar-refractivity contribution is 5.44. The largest absolute Gasteiger partial charge is 0.507 e. The number of benzene rings is 2. The molecule has 4 nitrogen and oxygen atoms in total. The van der Waals surface area contributed by atoms with E-state index in [0.29, 0.717) is 16.9 Å². The Bertz CT molecular complexity index is 549. The lowest BCUT2D eigenvalue weighted by Crippen LogP contribution is -2.00. The molecular weight excluding hydrogens is 244 g/mol. The number of methoxy groups -OCH3 is 2. The molecule has 2 aromatic carbocycles. The summed E-state index contributed by atoms with van der Waals surface area (Å²) in [5.74, 6) is 1.26. The molecule has 19 heavy (non-hydrogen) atoms. The minimum atomic E-state index is -0.892. The van der Waals surface area contributed by atoms with Crippen LogP contribution in [0.15, 0.2) is 42.5 Å². The van der Waals surface area contributed by atoms with E-state index in [4.69, 9.17) is 9.47 Å². The molecule has 2 aromatic rings. The Hall–Kier alpha value is -2.20. The van der Waals surface area contributed by atoms with Gasteiger partial charge in [0.25, 0.3) is 0 Å². The second-order valence-corrected chi connectivity index (χ2v) is 4.10. The highest BCUT2D eigenvalue weighted by Gasteiger charge is 2.15. The van der Waals surface area contributed by atoms with Crippen molar-refractivity contribution >= 4 is 0 Å². The summed E-state index contributed by atoms with van der Waals surface area (Å²) in [4.78, 5) is 0. The van der Waals surface area contributed by atoms with Crippen LogP contribution in [-0.2, 0) is 0 Å². The Morgan fingerprint density at radius 1 is 0.895 bits per heavy atom. The molecule has 0 radical (unpaired) electrons. The van der Waals surface area contributed by atoms with E-state index >= 15 is 0 Å². The lowest BCUT2D eigenvalue weighted by Gasteiger charge is -2.14. The van der Waals surface area contributed by atoms with Crippen LogP contribution in [0.4, 0.5) is 0 Å². The van der Waals surface area contributed by atoms with E-state index in [-0.39, 0.29) is 5.75 Å². The zero-order chi connectivity index (χ0) is 13.8. The summed E-state index contributed by atoms with van der Waals surface area (Å²) in [5, 5.41) is 20.1. The standard InChI is InChI=1S/C15H16O4/c1-18-11-5-3-10(4-6-11)15(17)13-8-7-12(19-2)9-14(13)16/h3-9,15-17H,1-2H3. The smallest absolute Gasteiger partial charge is 0.125 e. The van der Waals surface area contributed by atoms with Crippen molar-refractivity contribution in [3.8, 4) is 17.2 Å². The molecule has 0 saturated heterocycles. The number of aromatic hydroxyl groups is 1. The van der Waals surface area contributed by atoms with Crippen molar-refractivity contribution in [3.63, 3.8) is 0 Å². The molecule has 2 rings (SSSR count). The van der Waals surface area contributed by atoms with Crippen LogP contribution in [-0.4, -0.2) is 24.4 Å². The Labute approximate surface area is 111 Å². The molecule has 1 atom stereocenters. The van der Waals surface area contributed by atoms with Crippen LogP contribution in [0.2, 0.25) is 0 Å². The Morgan fingerprint density at radius 2 is 1.47 bits per heavy atom. The Balaban J connectivity index is 2.29. The van der Waals surface area contributed by atoms with Crippen molar-refractivity contribution in [2.45, 2.75) is 6.10 Å². The van der Waals surface area contributed by atoms with Gasteiger partial charge in [0.05, 0.1) is 14.2 Å². The molecule has 0 saturated carbocycles. The van der Waals surface area contributed by atoms with Crippen molar-refractivity contribution < 1.29 is 19.7 Å². The summed E-state index contributed by atoms with van der Waals surface area (Å²) in [5.41, 5.74) is 1.12. The van der Waals surface area contributed by atoms with Crippen molar-refractivity contribution in [2.75, 3.05) is 14.2 Å². The molecule has 0 aliphatic carbocycles. The summed E-state index contributed by atoms with van der Waals surface area (Å²) in [6.07, 6.45) is -0.892. The van der Waals surface area contributed by atoms with E-state index in [1.807, 2.05) is 0 Å². The highest BCUT2D eigenvalue weighted by atomic mass is 16.5. The van der Waals surface area contributed by atoms with Crippen LogP contribution in [0.1, 0.15) is 17.2 Å². The highest BCUT2D eigenvalue weighted by Crippen LogP contribution is 2.32. The molecule has 0 heterocycles. The molecule has 4 heteroatoms. The third-order valence-electron chi connectivity index (χ3n) is 2.96. The van der Waals surface area contributed by atoms with Crippen LogP contribution < -0.4 is 9.47 Å². The number of phenolic OH excluding ortho intramolecular Hbond substituents is 1. The van der Waals surface area contributed by atoms with E-state index in [0.717, 1.165) is 5.75 Å². The third-order valence-corrected chi connectivity index (χ3v) is 2.96. The van der Waals surface area contributed by atoms with Crippen molar-refractivity contribution in [2.24, 2.45) is 0 Å². The molecular formula is C15H16O4. The zero-order valence-corrected chi connectivity index (χ0v) is 10.8. The Morgan fingerprint density at radius 3 is 2.00 bits per heavy atom. The van der Waals surface area contributed by atoms with Crippen LogP contribution in [0, 0.1) is 0 Å². The van der Waals surface area contributed by atoms with E-state index in [1.165, 1.54) is 13.2 Å². The van der Waals surface area contributed by atoms with Gasteiger partial charge >= 0.3 is 0 Å². The van der Waals surface area contributed by atoms with Crippen molar-refractivity contribution in [3.05, 3.63) is 53.6 Å². The zero-order valence-electron chi connectivity index (χ0n) is 10.8. The fourth-order valence-corrected chi connectivity index (χ4v) is 1.85. The summed E-state index contributed by atoms with van der Waals surface area (Å²) in [7, 11) is 3.11. The molecule has 2 N–H and O–H groups in total. The van der Waals surface area contributed by atoms with Crippen molar-refractivity contribution in [1.29, 1.82) is 0 Å². The maximum Gasteiger partial charge on any atom is 0.125 e. The lowest BCUT2D eigenvalue weighted by atomic mass is 10.0. The Kier molecular flexibility index (Phi) is 3.92. The summed E-state index contributed by atoms with van der Waals surface area (Å²) >= 11 is 0. The summed E-state index contributed by atoms with van der Waals surface area (Å²) in [6.45, 7) is 0. The van der Waals surface area contributed by atoms with Crippen LogP contribution in [0.5, 0.6) is 17.2 Å². The number of aliphatic hydroxyl groups is 1. The minimum absolute atomic E-state index is 0.00247. The quantitative estimate of drug-likeness (QED) is 0.886. The molecule has 0 aromatic heterocycles. The fourth-order valence-electron chi connectivity index (χ4n) is 1.85. The monoisotopic (exact) mass is 260 g/mol. The van der Waals surface area contributed by atoms with Crippen LogP contribution >= 0.6 is 0 Å². The molecule has 0 aliphatic rings. The summed E-state index contributed by atoms with van der Waals surface area (Å²) < 4.78 is 10.1. The van der Waals surface area contributed by atoms with Crippen molar-refractivity contribution in [1.82, 2.24) is 0 Å². The first-order valence-electron chi connectivity index (χ1n) is 5.84. The number of phenols is 1. The number of hydrogen-bond acceptors (Lipinski definition) is 4. The summed E-state index contributed by atoms with van der Waals surface area (Å²) in [6, 6.07) is 11.9. The molecule has 0 spiro atoms. The van der Waals surface area contributed by atoms with Gasteiger partial charge in [-0.25, -0.2) is 0 Å². The predicted molar refractivity (Wildman–Crippen MR) is 71.7 cm³/mol. The predicted octanol–water partition coefficient (Wildman–Crippen LogP) is 2.49. The maximum atomic E-state index is 10.3. The van der Waals surface area contributed by atoms with Crippen LogP contribution in [0.25, 0.3) is 0 Å². The van der Waals surface area contributed by atoms with Gasteiger partial charge in [0.1, 0.15) is 23.4 Å². The number of hydrogen-bond donors (Lipinski definition) is 2. The van der Waals surface area contributed by atoms with Gasteiger partial charge in [-0.3, -0.25) is 0 Å². The topological polar surface area (TPSA) is 58.9 Å². The number of rotatable bonds is 4. The first kappa shape index (κ1) is 13.2. The van der Waals surface area contributed by atoms with E-state index < -0.39 is 6.10 Å². The van der Waals surface area contributed by atoms with Gasteiger partial charge in [-0.1, -0.05) is 12.1 Å². The van der Waals surface area contributed by atoms with Gasteiger partial charge in [-0.2, -0.15) is 0 Å². The first-order chi connectivity index (χ1) is 9.15. The molecule has 0 bridgehead atoms. The van der Waals surface area contributed by atoms with E-state index in [1.54, 1.807) is 43.5 Å². The van der Waals surface area contributed by atoms with Gasteiger partial charge in [-0.05, 0) is 29.8 Å². The average Bonchev–Trinajstić information content (AvgIpc) is 2.46. The second kappa shape index (κ2) is 5.63. The maximum absolute atomic E-state index is 10.3. The first-order valence-corrected chi connectivity index (χ1v) is 5.84. The van der Waals surface area contributed by atoms with Gasteiger partial charge in [0.15, 0.2) is 0 Å². The van der Waals surface area contributed by atoms with Crippen LogP contribution in [0.3, 0.4) is 0 Å². The molecule has 0 fully saturated rings. The van der Waals surface area contributed by atoms with E-state index in [2.05, 4.69) is 0 Å². The normalized spacial score (nSPS) is 11.9. The minimum Gasteiger partial charge on any atom is -0.507 e.